The Hall–Kier alpha value is -3.22. The highest BCUT2D eigenvalue weighted by Crippen LogP contribution is 2.27. The number of nitrogens with zero attached hydrogens (tertiary/aromatic N) is 3. The van der Waals surface area contributed by atoms with E-state index in [9.17, 15) is 19.5 Å². The van der Waals surface area contributed by atoms with E-state index in [0.29, 0.717) is 12.8 Å². The number of aromatic nitrogens is 1. The number of carbonyl (C=O) groups is 3. The lowest BCUT2D eigenvalue weighted by Crippen LogP contribution is -2.47. The summed E-state index contributed by atoms with van der Waals surface area (Å²) in [6.45, 7) is 2.15. The van der Waals surface area contributed by atoms with Gasteiger partial charge in [0.2, 0.25) is 0 Å². The topological polar surface area (TPSA) is 90.8 Å². The SMILES string of the molecule is CCC[C@@H]1C(=O)N([C@@H](Cc2ccccc2)C(=O)O)C(=O)N1Cc1cccnc1. The van der Waals surface area contributed by atoms with E-state index in [1.54, 1.807) is 42.7 Å². The summed E-state index contributed by atoms with van der Waals surface area (Å²) in [7, 11) is 0. The Morgan fingerprint density at radius 1 is 1.14 bits per heavy atom. The molecule has 7 heteroatoms. The maximum atomic E-state index is 13.1. The van der Waals surface area contributed by atoms with Gasteiger partial charge in [0.1, 0.15) is 12.1 Å². The molecule has 1 N–H and O–H groups in total. The van der Waals surface area contributed by atoms with Crippen molar-refractivity contribution in [2.75, 3.05) is 0 Å². The van der Waals surface area contributed by atoms with Crippen LogP contribution in [-0.4, -0.2) is 49.9 Å². The van der Waals surface area contributed by atoms with Gasteiger partial charge in [0.05, 0.1) is 0 Å². The Morgan fingerprint density at radius 2 is 1.86 bits per heavy atom. The first-order valence-corrected chi connectivity index (χ1v) is 9.32. The van der Waals surface area contributed by atoms with Crippen molar-refractivity contribution in [1.82, 2.24) is 14.8 Å². The first-order valence-electron chi connectivity index (χ1n) is 9.32. The van der Waals surface area contributed by atoms with Crippen LogP contribution in [0.2, 0.25) is 0 Å². The molecule has 0 spiro atoms. The molecule has 1 aliphatic rings. The van der Waals surface area contributed by atoms with Crippen molar-refractivity contribution in [3.05, 3.63) is 66.0 Å². The predicted molar refractivity (Wildman–Crippen MR) is 102 cm³/mol. The van der Waals surface area contributed by atoms with Crippen LogP contribution in [0.1, 0.15) is 30.9 Å². The van der Waals surface area contributed by atoms with Gasteiger partial charge in [0.25, 0.3) is 5.91 Å². The zero-order valence-electron chi connectivity index (χ0n) is 15.7. The molecule has 1 aliphatic heterocycles. The molecule has 0 aliphatic carbocycles. The van der Waals surface area contributed by atoms with E-state index >= 15 is 0 Å². The van der Waals surface area contributed by atoms with Gasteiger partial charge in [-0.1, -0.05) is 49.7 Å². The second kappa shape index (κ2) is 8.65. The van der Waals surface area contributed by atoms with Crippen LogP contribution >= 0.6 is 0 Å². The van der Waals surface area contributed by atoms with Gasteiger partial charge >= 0.3 is 12.0 Å². The lowest BCUT2D eigenvalue weighted by Gasteiger charge is -2.23. The molecule has 1 aromatic carbocycles. The van der Waals surface area contributed by atoms with Crippen molar-refractivity contribution in [3.63, 3.8) is 0 Å². The maximum absolute atomic E-state index is 13.1. The first-order chi connectivity index (χ1) is 13.5. The van der Waals surface area contributed by atoms with Gasteiger partial charge in [-0.3, -0.25) is 9.78 Å². The number of aliphatic carboxylic acids is 1. The molecule has 3 rings (SSSR count). The van der Waals surface area contributed by atoms with Crippen LogP contribution in [0.4, 0.5) is 4.79 Å². The van der Waals surface area contributed by atoms with E-state index in [1.165, 1.54) is 4.90 Å². The van der Waals surface area contributed by atoms with Crippen LogP contribution in [0.25, 0.3) is 0 Å². The summed E-state index contributed by atoms with van der Waals surface area (Å²) in [5.41, 5.74) is 1.55. The number of hydrogen-bond donors (Lipinski definition) is 1. The summed E-state index contributed by atoms with van der Waals surface area (Å²) < 4.78 is 0. The minimum atomic E-state index is -1.24. The zero-order chi connectivity index (χ0) is 20.1. The fraction of sp³-hybridized carbons (Fsp3) is 0.333. The second-order valence-corrected chi connectivity index (χ2v) is 6.83. The molecule has 146 valence electrons. The molecule has 0 bridgehead atoms. The fourth-order valence-electron chi connectivity index (χ4n) is 3.49. The molecular formula is C21H23N3O4. The monoisotopic (exact) mass is 381 g/mol. The third kappa shape index (κ3) is 4.03. The van der Waals surface area contributed by atoms with E-state index in [2.05, 4.69) is 4.98 Å². The number of hydrogen-bond acceptors (Lipinski definition) is 4. The van der Waals surface area contributed by atoms with E-state index < -0.39 is 30.0 Å². The number of carbonyl (C=O) groups excluding carboxylic acids is 2. The molecule has 1 aromatic heterocycles. The number of pyridine rings is 1. The summed E-state index contributed by atoms with van der Waals surface area (Å²) in [6, 6.07) is 10.2. The molecular weight excluding hydrogens is 358 g/mol. The van der Waals surface area contributed by atoms with Crippen LogP contribution in [0.3, 0.4) is 0 Å². The van der Waals surface area contributed by atoms with Gasteiger partial charge in [-0.05, 0) is 23.6 Å². The number of imide groups is 1. The Labute approximate surface area is 163 Å². The molecule has 1 fully saturated rings. The number of carboxylic acids is 1. The number of urea groups is 1. The van der Waals surface area contributed by atoms with Gasteiger partial charge in [-0.2, -0.15) is 0 Å². The van der Waals surface area contributed by atoms with Crippen LogP contribution in [0.5, 0.6) is 0 Å². The normalized spacial score (nSPS) is 17.8. The minimum absolute atomic E-state index is 0.0766. The fourth-order valence-corrected chi connectivity index (χ4v) is 3.49. The lowest BCUT2D eigenvalue weighted by atomic mass is 10.0. The molecule has 1 saturated heterocycles. The first kappa shape index (κ1) is 19.5. The standard InChI is InChI=1S/C21H23N3O4/c1-2-7-17-19(25)24(18(20(26)27)12-15-8-4-3-5-9-15)21(28)23(17)14-16-10-6-11-22-13-16/h3-6,8-11,13,17-18H,2,7,12,14H2,1H3,(H,26,27)/t17-,18+/m1/s1. The molecule has 7 nitrogen and oxygen atoms in total. The van der Waals surface area contributed by atoms with Crippen molar-refractivity contribution < 1.29 is 19.5 Å². The molecule has 0 saturated carbocycles. The summed E-state index contributed by atoms with van der Waals surface area (Å²) in [4.78, 5) is 44.5. The van der Waals surface area contributed by atoms with E-state index in [-0.39, 0.29) is 13.0 Å². The molecule has 2 aromatic rings. The van der Waals surface area contributed by atoms with Crippen LogP contribution in [0.15, 0.2) is 54.9 Å². The van der Waals surface area contributed by atoms with Crippen LogP contribution < -0.4 is 0 Å². The summed E-state index contributed by atoms with van der Waals surface area (Å²) in [5, 5.41) is 9.75. The summed E-state index contributed by atoms with van der Waals surface area (Å²) in [6.07, 6.45) is 4.54. The molecule has 3 amide bonds. The lowest BCUT2D eigenvalue weighted by molar-refractivity contribution is -0.146. The zero-order valence-corrected chi connectivity index (χ0v) is 15.7. The van der Waals surface area contributed by atoms with Crippen molar-refractivity contribution in [3.8, 4) is 0 Å². The van der Waals surface area contributed by atoms with Crippen LogP contribution in [-0.2, 0) is 22.6 Å². The largest absolute Gasteiger partial charge is 0.480 e. The Balaban J connectivity index is 1.89. The Morgan fingerprint density at radius 3 is 2.46 bits per heavy atom. The number of amides is 3. The van der Waals surface area contributed by atoms with Gasteiger partial charge in [0.15, 0.2) is 0 Å². The van der Waals surface area contributed by atoms with Crippen molar-refractivity contribution in [1.29, 1.82) is 0 Å². The second-order valence-electron chi connectivity index (χ2n) is 6.83. The predicted octanol–water partition coefficient (Wildman–Crippen LogP) is 2.71. The quantitative estimate of drug-likeness (QED) is 0.710. The minimum Gasteiger partial charge on any atom is -0.480 e. The van der Waals surface area contributed by atoms with Gasteiger partial charge < -0.3 is 10.0 Å². The highest BCUT2D eigenvalue weighted by atomic mass is 16.4. The average molecular weight is 381 g/mol. The number of rotatable bonds is 8. The highest BCUT2D eigenvalue weighted by Gasteiger charge is 2.49. The maximum Gasteiger partial charge on any atom is 0.328 e. The van der Waals surface area contributed by atoms with Crippen molar-refractivity contribution >= 4 is 17.9 Å². The smallest absolute Gasteiger partial charge is 0.328 e. The molecule has 28 heavy (non-hydrogen) atoms. The summed E-state index contributed by atoms with van der Waals surface area (Å²) in [5.74, 6) is -1.64. The van der Waals surface area contributed by atoms with Crippen LogP contribution in [0, 0.1) is 0 Å². The highest BCUT2D eigenvalue weighted by molar-refractivity contribution is 6.06. The summed E-state index contributed by atoms with van der Waals surface area (Å²) >= 11 is 0. The Kier molecular flexibility index (Phi) is 6.03. The Bertz CT molecular complexity index is 841. The van der Waals surface area contributed by atoms with E-state index in [0.717, 1.165) is 16.0 Å². The van der Waals surface area contributed by atoms with E-state index in [1.807, 2.05) is 19.1 Å². The van der Waals surface area contributed by atoms with Gasteiger partial charge in [0, 0.05) is 25.4 Å². The molecule has 0 unspecified atom stereocenters. The third-order valence-electron chi connectivity index (χ3n) is 4.86. The van der Waals surface area contributed by atoms with Crippen molar-refractivity contribution in [2.45, 2.75) is 44.8 Å². The third-order valence-corrected chi connectivity index (χ3v) is 4.86. The van der Waals surface area contributed by atoms with Gasteiger partial charge in [-0.25, -0.2) is 14.5 Å². The van der Waals surface area contributed by atoms with Crippen molar-refractivity contribution in [2.24, 2.45) is 0 Å². The average Bonchev–Trinajstić information content (AvgIpc) is 2.92. The number of benzene rings is 1. The van der Waals surface area contributed by atoms with E-state index in [4.69, 9.17) is 0 Å². The number of carboxylic acid groups (broad SMARTS) is 1. The molecule has 0 radical (unpaired) electrons. The molecule has 2 atom stereocenters. The van der Waals surface area contributed by atoms with Gasteiger partial charge in [-0.15, -0.1) is 0 Å². The molecule has 2 heterocycles.